The molecule has 0 saturated heterocycles. The van der Waals surface area contributed by atoms with Gasteiger partial charge in [0.15, 0.2) is 0 Å². The van der Waals surface area contributed by atoms with Crippen LogP contribution in [0.5, 0.6) is 0 Å². The van der Waals surface area contributed by atoms with E-state index in [0.29, 0.717) is 0 Å². The molecule has 1 rings (SSSR count). The summed E-state index contributed by atoms with van der Waals surface area (Å²) in [5.41, 5.74) is 4.66. The zero-order valence-electron chi connectivity index (χ0n) is 17.4. The zero-order valence-corrected chi connectivity index (χ0v) is 17.4. The van der Waals surface area contributed by atoms with E-state index in [4.69, 9.17) is 10.5 Å². The molecule has 6 heteroatoms. The topological polar surface area (TPSA) is 92.9 Å². The Balaban J connectivity index is 0.000000758. The number of rotatable bonds is 7. The van der Waals surface area contributed by atoms with Gasteiger partial charge in [0.25, 0.3) is 0 Å². The second-order valence-electron chi connectivity index (χ2n) is 8.04. The standard InChI is InChI=1S/C14H25NO4.C6H15N/c1-10(12(16)17)15(11-8-6-5-7-9-11)13(18)19-14(2,3)4;1-2-3-4-5-6-7/h10-11H,5-9H2,1-4H3,(H,16,17);2-7H2,1H3. The first-order valence-electron chi connectivity index (χ1n) is 10.1. The Morgan fingerprint density at radius 2 is 1.73 bits per heavy atom. The van der Waals surface area contributed by atoms with Gasteiger partial charge < -0.3 is 15.6 Å². The first kappa shape index (κ1) is 24.7. The van der Waals surface area contributed by atoms with Gasteiger partial charge in [-0.2, -0.15) is 0 Å². The van der Waals surface area contributed by atoms with Gasteiger partial charge in [0.2, 0.25) is 0 Å². The largest absolute Gasteiger partial charge is 0.480 e. The third-order valence-corrected chi connectivity index (χ3v) is 4.40. The van der Waals surface area contributed by atoms with E-state index in [2.05, 4.69) is 6.92 Å². The average Bonchev–Trinajstić information content (AvgIpc) is 2.55. The van der Waals surface area contributed by atoms with Crippen molar-refractivity contribution in [2.75, 3.05) is 6.54 Å². The second kappa shape index (κ2) is 13.0. The molecule has 6 nitrogen and oxygen atoms in total. The van der Waals surface area contributed by atoms with Crippen LogP contribution in [0, 0.1) is 0 Å². The van der Waals surface area contributed by atoms with E-state index in [9.17, 15) is 14.7 Å². The van der Waals surface area contributed by atoms with Gasteiger partial charge in [-0.15, -0.1) is 0 Å². The summed E-state index contributed by atoms with van der Waals surface area (Å²) in [6.45, 7) is 9.97. The Morgan fingerprint density at radius 3 is 2.15 bits per heavy atom. The van der Waals surface area contributed by atoms with Crippen molar-refractivity contribution < 1.29 is 19.4 Å². The highest BCUT2D eigenvalue weighted by molar-refractivity contribution is 5.80. The molecule has 1 atom stereocenters. The van der Waals surface area contributed by atoms with Gasteiger partial charge in [-0.1, -0.05) is 45.4 Å². The number of carbonyl (C=O) groups excluding carboxylic acids is 1. The first-order valence-corrected chi connectivity index (χ1v) is 10.1. The van der Waals surface area contributed by atoms with Crippen LogP contribution in [0.15, 0.2) is 0 Å². The summed E-state index contributed by atoms with van der Waals surface area (Å²) in [7, 11) is 0. The van der Waals surface area contributed by atoms with Gasteiger partial charge in [0.05, 0.1) is 0 Å². The molecule has 0 aliphatic heterocycles. The van der Waals surface area contributed by atoms with Crippen LogP contribution in [0.4, 0.5) is 4.79 Å². The SMILES string of the molecule is CC(C(=O)O)N(C(=O)OC(C)(C)C)C1CCCCC1.CCCCCCN. The van der Waals surface area contributed by atoms with Crippen molar-refractivity contribution in [1.82, 2.24) is 4.90 Å². The van der Waals surface area contributed by atoms with E-state index in [0.717, 1.165) is 38.6 Å². The fourth-order valence-electron chi connectivity index (χ4n) is 2.99. The molecule has 0 radical (unpaired) electrons. The minimum atomic E-state index is -0.989. The lowest BCUT2D eigenvalue weighted by Gasteiger charge is -2.37. The van der Waals surface area contributed by atoms with Gasteiger partial charge in [0, 0.05) is 6.04 Å². The molecular weight excluding hydrogens is 332 g/mol. The second-order valence-corrected chi connectivity index (χ2v) is 8.04. The lowest BCUT2D eigenvalue weighted by Crippen LogP contribution is -2.51. The number of ether oxygens (including phenoxy) is 1. The number of amides is 1. The molecule has 1 fully saturated rings. The summed E-state index contributed by atoms with van der Waals surface area (Å²) in [5.74, 6) is -0.989. The molecule has 0 aromatic rings. The maximum Gasteiger partial charge on any atom is 0.411 e. The molecule has 26 heavy (non-hydrogen) atoms. The number of carboxylic acid groups (broad SMARTS) is 1. The van der Waals surface area contributed by atoms with E-state index in [-0.39, 0.29) is 6.04 Å². The Kier molecular flexibility index (Phi) is 12.3. The minimum absolute atomic E-state index is 0.0188. The van der Waals surface area contributed by atoms with Crippen LogP contribution < -0.4 is 5.73 Å². The lowest BCUT2D eigenvalue weighted by molar-refractivity contribution is -0.143. The van der Waals surface area contributed by atoms with Crippen LogP contribution in [-0.4, -0.2) is 46.3 Å². The summed E-state index contributed by atoms with van der Waals surface area (Å²) in [4.78, 5) is 24.9. The monoisotopic (exact) mass is 372 g/mol. The van der Waals surface area contributed by atoms with Crippen LogP contribution in [0.1, 0.15) is 92.4 Å². The molecule has 0 aromatic heterocycles. The summed E-state index contributed by atoms with van der Waals surface area (Å²) in [6, 6.07) is -0.868. The van der Waals surface area contributed by atoms with Gasteiger partial charge >= 0.3 is 12.1 Å². The Bertz CT molecular complexity index is 397. The predicted molar refractivity (Wildman–Crippen MR) is 105 cm³/mol. The summed E-state index contributed by atoms with van der Waals surface area (Å²) >= 11 is 0. The zero-order chi connectivity index (χ0) is 20.2. The maximum absolute atomic E-state index is 12.2. The summed E-state index contributed by atoms with van der Waals surface area (Å²) in [5, 5.41) is 9.18. The Labute approximate surface area is 159 Å². The normalized spacial score (nSPS) is 16.2. The molecule has 1 aliphatic rings. The van der Waals surface area contributed by atoms with E-state index >= 15 is 0 Å². The van der Waals surface area contributed by atoms with Gasteiger partial charge in [0.1, 0.15) is 11.6 Å². The van der Waals surface area contributed by atoms with Crippen molar-refractivity contribution >= 4 is 12.1 Å². The van der Waals surface area contributed by atoms with Crippen LogP contribution in [0.3, 0.4) is 0 Å². The van der Waals surface area contributed by atoms with E-state index in [1.165, 1.54) is 30.6 Å². The Morgan fingerprint density at radius 1 is 1.15 bits per heavy atom. The highest BCUT2D eigenvalue weighted by atomic mass is 16.6. The number of unbranched alkanes of at least 4 members (excludes halogenated alkanes) is 3. The number of hydrogen-bond acceptors (Lipinski definition) is 4. The third kappa shape index (κ3) is 10.6. The molecule has 0 spiro atoms. The molecule has 1 amide bonds. The number of carbonyl (C=O) groups is 2. The molecular formula is C20H40N2O4. The molecule has 3 N–H and O–H groups in total. The van der Waals surface area contributed by atoms with Crippen molar-refractivity contribution in [2.24, 2.45) is 5.73 Å². The molecule has 1 unspecified atom stereocenters. The van der Waals surface area contributed by atoms with E-state index < -0.39 is 23.7 Å². The third-order valence-electron chi connectivity index (χ3n) is 4.40. The van der Waals surface area contributed by atoms with Crippen LogP contribution in [0.2, 0.25) is 0 Å². The lowest BCUT2D eigenvalue weighted by atomic mass is 9.93. The van der Waals surface area contributed by atoms with Crippen molar-refractivity contribution in [3.63, 3.8) is 0 Å². The molecule has 1 aliphatic carbocycles. The number of carboxylic acids is 1. The average molecular weight is 373 g/mol. The van der Waals surface area contributed by atoms with E-state index in [1.807, 2.05) is 0 Å². The predicted octanol–water partition coefficient (Wildman–Crippen LogP) is 4.55. The molecule has 154 valence electrons. The number of hydrogen-bond donors (Lipinski definition) is 2. The summed E-state index contributed by atoms with van der Waals surface area (Å²) in [6.07, 6.45) is 9.59. The molecule has 0 heterocycles. The highest BCUT2D eigenvalue weighted by Crippen LogP contribution is 2.26. The number of nitrogens with two attached hydrogens (primary N) is 1. The van der Waals surface area contributed by atoms with Crippen LogP contribution >= 0.6 is 0 Å². The van der Waals surface area contributed by atoms with E-state index in [1.54, 1.807) is 27.7 Å². The smallest absolute Gasteiger partial charge is 0.411 e. The number of aliphatic carboxylic acids is 1. The highest BCUT2D eigenvalue weighted by Gasteiger charge is 2.35. The van der Waals surface area contributed by atoms with Crippen molar-refractivity contribution in [3.05, 3.63) is 0 Å². The van der Waals surface area contributed by atoms with Gasteiger partial charge in [-0.3, -0.25) is 4.90 Å². The maximum atomic E-state index is 12.2. The fraction of sp³-hybridized carbons (Fsp3) is 0.900. The first-order chi connectivity index (χ1) is 12.1. The van der Waals surface area contributed by atoms with Gasteiger partial charge in [-0.05, 0) is 53.5 Å². The Hall–Kier alpha value is -1.30. The van der Waals surface area contributed by atoms with Crippen molar-refractivity contribution in [1.29, 1.82) is 0 Å². The summed E-state index contributed by atoms with van der Waals surface area (Å²) < 4.78 is 5.35. The van der Waals surface area contributed by atoms with Crippen LogP contribution in [-0.2, 0) is 9.53 Å². The van der Waals surface area contributed by atoms with Gasteiger partial charge in [-0.25, -0.2) is 9.59 Å². The molecule has 0 bridgehead atoms. The van der Waals surface area contributed by atoms with Crippen LogP contribution in [0.25, 0.3) is 0 Å². The molecule has 1 saturated carbocycles. The fourth-order valence-corrected chi connectivity index (χ4v) is 2.99. The molecule has 0 aromatic carbocycles. The number of nitrogens with zero attached hydrogens (tertiary/aromatic N) is 1. The minimum Gasteiger partial charge on any atom is -0.480 e. The van der Waals surface area contributed by atoms with Crippen molar-refractivity contribution in [3.8, 4) is 0 Å². The quantitative estimate of drug-likeness (QED) is 0.639. The van der Waals surface area contributed by atoms with Crippen molar-refractivity contribution in [2.45, 2.75) is 110 Å².